The number of nitrogens with one attached hydrogen (secondary N) is 2. The monoisotopic (exact) mass is 307 g/mol. The second kappa shape index (κ2) is 8.54. The van der Waals surface area contributed by atoms with Crippen molar-refractivity contribution in [2.24, 2.45) is 5.10 Å². The summed E-state index contributed by atoms with van der Waals surface area (Å²) in [4.78, 5) is 11.7. The van der Waals surface area contributed by atoms with E-state index in [1.807, 2.05) is 74.5 Å². The first-order chi connectivity index (χ1) is 11.1. The molecule has 4 nitrogen and oxygen atoms in total. The van der Waals surface area contributed by atoms with Crippen LogP contribution >= 0.6 is 0 Å². The van der Waals surface area contributed by atoms with E-state index in [0.717, 1.165) is 22.4 Å². The molecule has 0 aliphatic carbocycles. The van der Waals surface area contributed by atoms with Gasteiger partial charge in [0, 0.05) is 5.69 Å². The number of hydrazone groups is 1. The van der Waals surface area contributed by atoms with Gasteiger partial charge in [-0.3, -0.25) is 4.79 Å². The van der Waals surface area contributed by atoms with Crippen LogP contribution in [-0.2, 0) is 4.79 Å². The summed E-state index contributed by atoms with van der Waals surface area (Å²) in [7, 11) is 0. The van der Waals surface area contributed by atoms with E-state index in [1.54, 1.807) is 6.21 Å². The Balaban J connectivity index is 1.78. The minimum Gasteiger partial charge on any atom is -0.376 e. The van der Waals surface area contributed by atoms with E-state index in [0.29, 0.717) is 0 Å². The van der Waals surface area contributed by atoms with Crippen molar-refractivity contribution in [2.45, 2.75) is 13.8 Å². The third-order valence-electron chi connectivity index (χ3n) is 3.12. The van der Waals surface area contributed by atoms with Crippen molar-refractivity contribution in [1.82, 2.24) is 5.43 Å². The average molecular weight is 307 g/mol. The van der Waals surface area contributed by atoms with Gasteiger partial charge in [-0.25, -0.2) is 5.43 Å². The van der Waals surface area contributed by atoms with Crippen LogP contribution in [0.3, 0.4) is 0 Å². The predicted octanol–water partition coefficient (Wildman–Crippen LogP) is 3.61. The van der Waals surface area contributed by atoms with Crippen LogP contribution < -0.4 is 10.7 Å². The third kappa shape index (κ3) is 6.18. The summed E-state index contributed by atoms with van der Waals surface area (Å²) in [5, 5.41) is 7.03. The van der Waals surface area contributed by atoms with Crippen molar-refractivity contribution in [3.63, 3.8) is 0 Å². The standard InChI is InChI=1S/C19H21N3O/c1-15-7-6-10-18(12-15)20-14-19(23)22-21-13-16(2)11-17-8-4-3-5-9-17/h3-13,20H,14H2,1-2H3,(H,22,23). The number of rotatable bonds is 6. The molecular formula is C19H21N3O. The van der Waals surface area contributed by atoms with Gasteiger partial charge >= 0.3 is 0 Å². The van der Waals surface area contributed by atoms with Crippen LogP contribution in [-0.4, -0.2) is 18.7 Å². The van der Waals surface area contributed by atoms with Crippen molar-refractivity contribution in [2.75, 3.05) is 11.9 Å². The lowest BCUT2D eigenvalue weighted by Gasteiger charge is -2.05. The molecule has 0 aromatic heterocycles. The number of hydrogen-bond donors (Lipinski definition) is 2. The van der Waals surface area contributed by atoms with E-state index in [1.165, 1.54) is 0 Å². The van der Waals surface area contributed by atoms with Crippen LogP contribution in [0.15, 0.2) is 65.3 Å². The van der Waals surface area contributed by atoms with E-state index < -0.39 is 0 Å². The van der Waals surface area contributed by atoms with Crippen LogP contribution in [0, 0.1) is 6.92 Å². The van der Waals surface area contributed by atoms with E-state index >= 15 is 0 Å². The minimum atomic E-state index is -0.185. The smallest absolute Gasteiger partial charge is 0.259 e. The summed E-state index contributed by atoms with van der Waals surface area (Å²) in [6.45, 7) is 4.13. The molecule has 2 N–H and O–H groups in total. The fraction of sp³-hybridized carbons (Fsp3) is 0.158. The van der Waals surface area contributed by atoms with Crippen LogP contribution in [0.2, 0.25) is 0 Å². The van der Waals surface area contributed by atoms with Crippen LogP contribution in [0.25, 0.3) is 6.08 Å². The number of anilines is 1. The molecule has 0 fully saturated rings. The quantitative estimate of drug-likeness (QED) is 0.632. The SMILES string of the molecule is CC(C=NNC(=O)CNc1cccc(C)c1)=Cc1ccccc1. The van der Waals surface area contributed by atoms with Gasteiger partial charge in [-0.2, -0.15) is 5.10 Å². The van der Waals surface area contributed by atoms with Crippen molar-refractivity contribution in [3.8, 4) is 0 Å². The summed E-state index contributed by atoms with van der Waals surface area (Å²) in [6, 6.07) is 17.8. The molecule has 0 atom stereocenters. The fourth-order valence-corrected chi connectivity index (χ4v) is 2.03. The molecule has 23 heavy (non-hydrogen) atoms. The van der Waals surface area contributed by atoms with Gasteiger partial charge in [-0.05, 0) is 42.7 Å². The molecule has 0 aliphatic heterocycles. The van der Waals surface area contributed by atoms with Gasteiger partial charge in [0.2, 0.25) is 0 Å². The summed E-state index contributed by atoms with van der Waals surface area (Å²) >= 11 is 0. The molecule has 0 spiro atoms. The Morgan fingerprint density at radius 1 is 1.13 bits per heavy atom. The maximum atomic E-state index is 11.7. The number of hydrogen-bond acceptors (Lipinski definition) is 3. The summed E-state index contributed by atoms with van der Waals surface area (Å²) in [5.74, 6) is -0.185. The Kier molecular flexibility index (Phi) is 6.12. The van der Waals surface area contributed by atoms with Crippen molar-refractivity contribution in [1.29, 1.82) is 0 Å². The lowest BCUT2D eigenvalue weighted by molar-refractivity contribution is -0.119. The molecule has 4 heteroatoms. The van der Waals surface area contributed by atoms with Crippen molar-refractivity contribution in [3.05, 3.63) is 71.3 Å². The number of nitrogens with zero attached hydrogens (tertiary/aromatic N) is 1. The molecule has 1 amide bonds. The molecule has 0 bridgehead atoms. The maximum absolute atomic E-state index is 11.7. The van der Waals surface area contributed by atoms with Crippen LogP contribution in [0.1, 0.15) is 18.1 Å². The lowest BCUT2D eigenvalue weighted by atomic mass is 10.1. The molecular weight excluding hydrogens is 286 g/mol. The zero-order valence-corrected chi connectivity index (χ0v) is 13.4. The second-order valence-corrected chi connectivity index (χ2v) is 5.32. The number of aryl methyl sites for hydroxylation is 1. The largest absolute Gasteiger partial charge is 0.376 e. The van der Waals surface area contributed by atoms with Gasteiger partial charge < -0.3 is 5.32 Å². The van der Waals surface area contributed by atoms with E-state index in [-0.39, 0.29) is 12.5 Å². The number of allylic oxidation sites excluding steroid dienone is 1. The highest BCUT2D eigenvalue weighted by atomic mass is 16.2. The van der Waals surface area contributed by atoms with Crippen molar-refractivity contribution < 1.29 is 4.79 Å². The van der Waals surface area contributed by atoms with Gasteiger partial charge in [0.15, 0.2) is 0 Å². The Labute approximate surface area is 136 Å². The molecule has 0 saturated heterocycles. The molecule has 2 aromatic rings. The summed E-state index contributed by atoms with van der Waals surface area (Å²) in [5.41, 5.74) is 6.64. The van der Waals surface area contributed by atoms with Crippen LogP contribution in [0.4, 0.5) is 5.69 Å². The Bertz CT molecular complexity index is 706. The van der Waals surface area contributed by atoms with E-state index in [9.17, 15) is 4.79 Å². The van der Waals surface area contributed by atoms with Crippen LogP contribution in [0.5, 0.6) is 0 Å². The zero-order valence-electron chi connectivity index (χ0n) is 13.4. The Morgan fingerprint density at radius 2 is 1.91 bits per heavy atom. The second-order valence-electron chi connectivity index (χ2n) is 5.32. The minimum absolute atomic E-state index is 0.183. The van der Waals surface area contributed by atoms with E-state index in [2.05, 4.69) is 15.8 Å². The number of carbonyl (C=O) groups excluding carboxylic acids is 1. The molecule has 0 aliphatic rings. The van der Waals surface area contributed by atoms with Gasteiger partial charge in [0.05, 0.1) is 12.8 Å². The first kappa shape index (κ1) is 16.5. The number of amides is 1. The molecule has 0 heterocycles. The fourth-order valence-electron chi connectivity index (χ4n) is 2.03. The Hall–Kier alpha value is -2.88. The number of carbonyl (C=O) groups is 1. The summed E-state index contributed by atoms with van der Waals surface area (Å²) in [6.07, 6.45) is 3.64. The van der Waals surface area contributed by atoms with Crippen molar-refractivity contribution >= 4 is 23.9 Å². The number of benzene rings is 2. The average Bonchev–Trinajstić information content (AvgIpc) is 2.54. The molecule has 0 unspecified atom stereocenters. The zero-order chi connectivity index (χ0) is 16.5. The molecule has 0 radical (unpaired) electrons. The molecule has 118 valence electrons. The predicted molar refractivity (Wildman–Crippen MR) is 96.4 cm³/mol. The topological polar surface area (TPSA) is 53.5 Å². The third-order valence-corrected chi connectivity index (χ3v) is 3.12. The normalized spacial score (nSPS) is 11.5. The van der Waals surface area contributed by atoms with Gasteiger partial charge in [0.25, 0.3) is 5.91 Å². The van der Waals surface area contributed by atoms with E-state index in [4.69, 9.17) is 0 Å². The highest BCUT2D eigenvalue weighted by Crippen LogP contribution is 2.08. The highest BCUT2D eigenvalue weighted by Gasteiger charge is 1.99. The molecule has 2 rings (SSSR count). The first-order valence-corrected chi connectivity index (χ1v) is 7.49. The van der Waals surface area contributed by atoms with Gasteiger partial charge in [0.1, 0.15) is 0 Å². The van der Waals surface area contributed by atoms with Gasteiger partial charge in [-0.15, -0.1) is 0 Å². The first-order valence-electron chi connectivity index (χ1n) is 7.49. The maximum Gasteiger partial charge on any atom is 0.259 e. The highest BCUT2D eigenvalue weighted by molar-refractivity contribution is 5.87. The molecule has 2 aromatic carbocycles. The lowest BCUT2D eigenvalue weighted by Crippen LogP contribution is -2.25. The summed E-state index contributed by atoms with van der Waals surface area (Å²) < 4.78 is 0. The molecule has 0 saturated carbocycles. The van der Waals surface area contributed by atoms with Gasteiger partial charge in [-0.1, -0.05) is 48.5 Å². The Morgan fingerprint density at radius 3 is 2.65 bits per heavy atom.